The Bertz CT molecular complexity index is 931. The Balaban J connectivity index is 1.59. The van der Waals surface area contributed by atoms with Gasteiger partial charge in [-0.3, -0.25) is 4.57 Å². The van der Waals surface area contributed by atoms with Gasteiger partial charge >= 0.3 is 0 Å². The Morgan fingerprint density at radius 1 is 1.07 bits per heavy atom. The van der Waals surface area contributed by atoms with Crippen LogP contribution in [0.3, 0.4) is 0 Å². The van der Waals surface area contributed by atoms with Crippen LogP contribution < -0.4 is 5.32 Å². The highest BCUT2D eigenvalue weighted by molar-refractivity contribution is 5.82. The summed E-state index contributed by atoms with van der Waals surface area (Å²) in [5.74, 6) is 0.694. The van der Waals surface area contributed by atoms with Gasteiger partial charge in [0.05, 0.1) is 12.9 Å². The SMILES string of the molecule is OC[C@H]1O[C@@H](n2cnc3c(NCc4ccc(O)cc4)ncnc32)[C@H](O)[C@@H]1O. The van der Waals surface area contributed by atoms with Gasteiger partial charge < -0.3 is 30.5 Å². The molecule has 1 saturated heterocycles. The molecule has 2 aromatic heterocycles. The zero-order valence-electron chi connectivity index (χ0n) is 14.2. The third-order valence-electron chi connectivity index (χ3n) is 4.55. The molecule has 0 amide bonds. The molecule has 0 radical (unpaired) electrons. The number of hydrogen-bond donors (Lipinski definition) is 5. The topological polar surface area (TPSA) is 146 Å². The smallest absolute Gasteiger partial charge is 0.167 e. The third-order valence-corrected chi connectivity index (χ3v) is 4.55. The van der Waals surface area contributed by atoms with Gasteiger partial charge in [0.25, 0.3) is 0 Å². The molecule has 0 spiro atoms. The number of aromatic hydroxyl groups is 1. The first kappa shape index (κ1) is 17.6. The lowest BCUT2D eigenvalue weighted by Crippen LogP contribution is -2.33. The lowest BCUT2D eigenvalue weighted by Gasteiger charge is -2.16. The van der Waals surface area contributed by atoms with E-state index < -0.39 is 31.1 Å². The normalized spacial score (nSPS) is 25.1. The maximum Gasteiger partial charge on any atom is 0.167 e. The van der Waals surface area contributed by atoms with Crippen molar-refractivity contribution in [3.8, 4) is 5.75 Å². The number of aliphatic hydroxyl groups is 3. The summed E-state index contributed by atoms with van der Waals surface area (Å²) in [6, 6.07) is 6.78. The van der Waals surface area contributed by atoms with Crippen molar-refractivity contribution < 1.29 is 25.2 Å². The summed E-state index contributed by atoms with van der Waals surface area (Å²) in [5, 5.41) is 41.9. The predicted molar refractivity (Wildman–Crippen MR) is 93.8 cm³/mol. The Morgan fingerprint density at radius 3 is 2.56 bits per heavy atom. The minimum Gasteiger partial charge on any atom is -0.508 e. The molecular formula is C17H19N5O5. The Morgan fingerprint density at radius 2 is 1.85 bits per heavy atom. The van der Waals surface area contributed by atoms with Crippen LogP contribution in [-0.4, -0.2) is 64.9 Å². The number of fused-ring (bicyclic) bond motifs is 1. The molecule has 1 aromatic carbocycles. The van der Waals surface area contributed by atoms with Gasteiger partial charge in [-0.1, -0.05) is 12.1 Å². The van der Waals surface area contributed by atoms with Crippen LogP contribution in [0.5, 0.6) is 5.75 Å². The summed E-state index contributed by atoms with van der Waals surface area (Å²) in [4.78, 5) is 12.7. The van der Waals surface area contributed by atoms with Crippen LogP contribution in [0.15, 0.2) is 36.9 Å². The van der Waals surface area contributed by atoms with Crippen LogP contribution in [0.25, 0.3) is 11.2 Å². The van der Waals surface area contributed by atoms with Crippen molar-refractivity contribution in [3.05, 3.63) is 42.5 Å². The number of anilines is 1. The Kier molecular flexibility index (Phi) is 4.62. The fraction of sp³-hybridized carbons (Fsp3) is 0.353. The molecule has 0 aliphatic carbocycles. The molecule has 1 aliphatic rings. The molecule has 27 heavy (non-hydrogen) atoms. The number of phenolic OH excluding ortho intramolecular Hbond substituents is 1. The van der Waals surface area contributed by atoms with E-state index in [0.29, 0.717) is 23.5 Å². The highest BCUT2D eigenvalue weighted by Gasteiger charge is 2.44. The molecule has 4 atom stereocenters. The average Bonchev–Trinajstić information content (AvgIpc) is 3.23. The molecule has 1 aliphatic heterocycles. The van der Waals surface area contributed by atoms with Crippen molar-refractivity contribution in [1.82, 2.24) is 19.5 Å². The van der Waals surface area contributed by atoms with Gasteiger partial charge in [0.2, 0.25) is 0 Å². The largest absolute Gasteiger partial charge is 0.508 e. The Labute approximate surface area is 153 Å². The lowest BCUT2D eigenvalue weighted by molar-refractivity contribution is -0.0511. The predicted octanol–water partition coefficient (Wildman–Crippen LogP) is -0.245. The number of nitrogens with one attached hydrogen (secondary N) is 1. The van der Waals surface area contributed by atoms with Gasteiger partial charge in [-0.05, 0) is 17.7 Å². The first-order valence-electron chi connectivity index (χ1n) is 8.40. The van der Waals surface area contributed by atoms with Gasteiger partial charge in [-0.15, -0.1) is 0 Å². The number of rotatable bonds is 5. The molecule has 10 nitrogen and oxygen atoms in total. The van der Waals surface area contributed by atoms with Crippen LogP contribution in [0, 0.1) is 0 Å². The third kappa shape index (κ3) is 3.19. The zero-order valence-corrected chi connectivity index (χ0v) is 14.2. The van der Waals surface area contributed by atoms with Gasteiger partial charge in [-0.25, -0.2) is 15.0 Å². The monoisotopic (exact) mass is 373 g/mol. The number of ether oxygens (including phenoxy) is 1. The van der Waals surface area contributed by atoms with E-state index in [2.05, 4.69) is 20.3 Å². The van der Waals surface area contributed by atoms with E-state index in [1.807, 2.05) is 0 Å². The van der Waals surface area contributed by atoms with Crippen molar-refractivity contribution in [3.63, 3.8) is 0 Å². The molecule has 4 rings (SSSR count). The number of aliphatic hydroxyl groups excluding tert-OH is 3. The number of hydrogen-bond acceptors (Lipinski definition) is 9. The zero-order chi connectivity index (χ0) is 19.0. The van der Waals surface area contributed by atoms with Crippen molar-refractivity contribution in [2.24, 2.45) is 0 Å². The maximum absolute atomic E-state index is 10.2. The highest BCUT2D eigenvalue weighted by Crippen LogP contribution is 2.32. The number of imidazole rings is 1. The van der Waals surface area contributed by atoms with Crippen molar-refractivity contribution >= 4 is 17.0 Å². The van der Waals surface area contributed by atoms with E-state index in [-0.39, 0.29) is 5.75 Å². The minimum absolute atomic E-state index is 0.195. The summed E-state index contributed by atoms with van der Waals surface area (Å²) in [6.45, 7) is 0.0584. The van der Waals surface area contributed by atoms with E-state index in [1.54, 1.807) is 24.3 Å². The van der Waals surface area contributed by atoms with E-state index in [0.717, 1.165) is 5.56 Å². The van der Waals surface area contributed by atoms with Crippen LogP contribution in [-0.2, 0) is 11.3 Å². The van der Waals surface area contributed by atoms with Crippen LogP contribution >= 0.6 is 0 Å². The van der Waals surface area contributed by atoms with Gasteiger partial charge in [0.15, 0.2) is 23.2 Å². The second kappa shape index (κ2) is 7.08. The van der Waals surface area contributed by atoms with E-state index in [4.69, 9.17) is 4.74 Å². The van der Waals surface area contributed by atoms with Gasteiger partial charge in [0, 0.05) is 6.54 Å². The van der Waals surface area contributed by atoms with Crippen LogP contribution in [0.2, 0.25) is 0 Å². The molecule has 0 saturated carbocycles. The van der Waals surface area contributed by atoms with Crippen molar-refractivity contribution in [2.75, 3.05) is 11.9 Å². The Hall–Kier alpha value is -2.79. The first-order chi connectivity index (χ1) is 13.1. The molecule has 10 heteroatoms. The summed E-state index contributed by atoms with van der Waals surface area (Å²) in [6.07, 6.45) is -1.40. The molecule has 0 bridgehead atoms. The second-order valence-electron chi connectivity index (χ2n) is 6.30. The van der Waals surface area contributed by atoms with Crippen LogP contribution in [0.4, 0.5) is 5.82 Å². The standard InChI is InChI=1S/C17H19N5O5/c23-6-11-13(25)14(26)17(27-11)22-8-21-12-15(19-7-20-16(12)22)18-5-9-1-3-10(24)4-2-9/h1-4,7-8,11,13-14,17,23-26H,5-6H2,(H,18,19,20)/t11-,13-,14-,17-/m1/s1. The fourth-order valence-electron chi connectivity index (χ4n) is 3.08. The van der Waals surface area contributed by atoms with Gasteiger partial charge in [-0.2, -0.15) is 0 Å². The van der Waals surface area contributed by atoms with Gasteiger partial charge in [0.1, 0.15) is 30.4 Å². The van der Waals surface area contributed by atoms with Crippen LogP contribution in [0.1, 0.15) is 11.8 Å². The molecule has 3 heterocycles. The summed E-state index contributed by atoms with van der Waals surface area (Å²) < 4.78 is 7.04. The van der Waals surface area contributed by atoms with E-state index in [9.17, 15) is 20.4 Å². The quantitative estimate of drug-likeness (QED) is 0.409. The van der Waals surface area contributed by atoms with Crippen molar-refractivity contribution in [1.29, 1.82) is 0 Å². The van der Waals surface area contributed by atoms with E-state index in [1.165, 1.54) is 17.2 Å². The highest BCUT2D eigenvalue weighted by atomic mass is 16.6. The number of phenols is 1. The lowest BCUT2D eigenvalue weighted by atomic mass is 10.1. The van der Waals surface area contributed by atoms with Crippen molar-refractivity contribution in [2.45, 2.75) is 31.1 Å². The molecule has 0 unspecified atom stereocenters. The number of nitrogens with zero attached hydrogens (tertiary/aromatic N) is 4. The maximum atomic E-state index is 10.2. The number of benzene rings is 1. The summed E-state index contributed by atoms with van der Waals surface area (Å²) >= 11 is 0. The molecule has 5 N–H and O–H groups in total. The van der Waals surface area contributed by atoms with E-state index >= 15 is 0 Å². The fourth-order valence-corrected chi connectivity index (χ4v) is 3.08. The average molecular weight is 373 g/mol. The summed E-state index contributed by atoms with van der Waals surface area (Å²) in [7, 11) is 0. The number of aromatic nitrogens is 4. The molecule has 1 fully saturated rings. The second-order valence-corrected chi connectivity index (χ2v) is 6.30. The minimum atomic E-state index is -1.22. The summed E-state index contributed by atoms with van der Waals surface area (Å²) in [5.41, 5.74) is 1.85. The molecule has 142 valence electrons. The molecular weight excluding hydrogens is 354 g/mol. The molecule has 3 aromatic rings. The first-order valence-corrected chi connectivity index (χ1v) is 8.40.